The summed E-state index contributed by atoms with van der Waals surface area (Å²) in [5.41, 5.74) is 0.340. The first-order valence-corrected chi connectivity index (χ1v) is 4.05. The Labute approximate surface area is 89.2 Å². The van der Waals surface area contributed by atoms with Crippen molar-refractivity contribution in [3.05, 3.63) is 30.3 Å². The van der Waals surface area contributed by atoms with Crippen molar-refractivity contribution in [1.29, 1.82) is 5.26 Å². The predicted octanol–water partition coefficient (Wildman–Crippen LogP) is 2.45. The van der Waals surface area contributed by atoms with Crippen LogP contribution in [-0.2, 0) is 4.74 Å². The van der Waals surface area contributed by atoms with Gasteiger partial charge in [-0.15, -0.1) is 18.3 Å². The molecule has 0 aliphatic rings. The van der Waals surface area contributed by atoms with Crippen LogP contribution in [0.4, 0.5) is 18.9 Å². The van der Waals surface area contributed by atoms with E-state index in [2.05, 4.69) is 9.84 Å². The van der Waals surface area contributed by atoms with Crippen LogP contribution in [0.25, 0.3) is 0 Å². The van der Waals surface area contributed by atoms with Crippen LogP contribution >= 0.6 is 0 Å². The second kappa shape index (κ2) is 5.02. The van der Waals surface area contributed by atoms with Crippen molar-refractivity contribution in [2.45, 2.75) is 6.36 Å². The number of para-hydroxylation sites is 1. The lowest BCUT2D eigenvalue weighted by Crippen LogP contribution is -2.14. The number of hydrazone groups is 1. The highest BCUT2D eigenvalue weighted by atomic mass is 19.4. The standard InChI is InChI=1S/C9H6F3N3O/c10-9(11,12)16-7-14-15(6-13)8-4-2-1-3-5-8/h1-5,7H. The van der Waals surface area contributed by atoms with Gasteiger partial charge in [-0.1, -0.05) is 18.2 Å². The van der Waals surface area contributed by atoms with Crippen LogP contribution in [0, 0.1) is 11.5 Å². The van der Waals surface area contributed by atoms with Crippen LogP contribution in [-0.4, -0.2) is 12.8 Å². The Kier molecular flexibility index (Phi) is 3.72. The van der Waals surface area contributed by atoms with Gasteiger partial charge < -0.3 is 4.74 Å². The van der Waals surface area contributed by atoms with Gasteiger partial charge in [-0.3, -0.25) is 0 Å². The molecule has 0 aliphatic carbocycles. The molecule has 16 heavy (non-hydrogen) atoms. The maximum Gasteiger partial charge on any atom is 0.573 e. The number of anilines is 1. The molecule has 0 N–H and O–H groups in total. The number of nitrogens with zero attached hydrogens (tertiary/aromatic N) is 3. The van der Waals surface area contributed by atoms with E-state index in [0.717, 1.165) is 0 Å². The van der Waals surface area contributed by atoms with Crippen molar-refractivity contribution in [1.82, 2.24) is 0 Å². The molecule has 0 heterocycles. The van der Waals surface area contributed by atoms with Gasteiger partial charge in [0.25, 0.3) is 0 Å². The van der Waals surface area contributed by atoms with Crippen LogP contribution in [0.2, 0.25) is 0 Å². The molecule has 0 radical (unpaired) electrons. The van der Waals surface area contributed by atoms with E-state index in [1.54, 1.807) is 24.4 Å². The number of ether oxygens (including phenoxy) is 1. The maximum absolute atomic E-state index is 11.6. The quantitative estimate of drug-likeness (QED) is 0.263. The minimum Gasteiger partial charge on any atom is -0.393 e. The summed E-state index contributed by atoms with van der Waals surface area (Å²) in [4.78, 5) is 0. The summed E-state index contributed by atoms with van der Waals surface area (Å²) < 4.78 is 38.1. The van der Waals surface area contributed by atoms with Gasteiger partial charge in [-0.2, -0.15) is 10.3 Å². The van der Waals surface area contributed by atoms with Crippen molar-refractivity contribution in [3.8, 4) is 6.19 Å². The van der Waals surface area contributed by atoms with Crippen LogP contribution in [0.15, 0.2) is 35.4 Å². The number of hydrogen-bond donors (Lipinski definition) is 0. The minimum atomic E-state index is -4.80. The SMILES string of the molecule is N#CN(N=COC(F)(F)F)c1ccccc1. The Morgan fingerprint density at radius 1 is 1.31 bits per heavy atom. The minimum absolute atomic E-state index is 0.163. The highest BCUT2D eigenvalue weighted by Crippen LogP contribution is 2.15. The molecule has 0 bridgehead atoms. The first-order chi connectivity index (χ1) is 7.53. The van der Waals surface area contributed by atoms with Gasteiger partial charge >= 0.3 is 6.36 Å². The van der Waals surface area contributed by atoms with Gasteiger partial charge in [0.15, 0.2) is 0 Å². The topological polar surface area (TPSA) is 48.6 Å². The van der Waals surface area contributed by atoms with E-state index in [1.165, 1.54) is 12.1 Å². The average molecular weight is 229 g/mol. The molecule has 0 saturated heterocycles. The molecule has 84 valence electrons. The molecule has 1 rings (SSSR count). The summed E-state index contributed by atoms with van der Waals surface area (Å²) in [6.07, 6.45) is -3.05. The summed E-state index contributed by atoms with van der Waals surface area (Å²) in [6, 6.07) is 8.00. The molecule has 0 amide bonds. The van der Waals surface area contributed by atoms with Crippen LogP contribution in [0.5, 0.6) is 0 Å². The third-order valence-corrected chi connectivity index (χ3v) is 1.44. The summed E-state index contributed by atoms with van der Waals surface area (Å²) >= 11 is 0. The van der Waals surface area contributed by atoms with Crippen LogP contribution < -0.4 is 5.01 Å². The first kappa shape index (κ1) is 11.8. The van der Waals surface area contributed by atoms with Crippen molar-refractivity contribution >= 4 is 12.1 Å². The molecule has 0 fully saturated rings. The Morgan fingerprint density at radius 2 is 1.94 bits per heavy atom. The Morgan fingerprint density at radius 3 is 2.44 bits per heavy atom. The van der Waals surface area contributed by atoms with Crippen molar-refractivity contribution < 1.29 is 17.9 Å². The third-order valence-electron chi connectivity index (χ3n) is 1.44. The van der Waals surface area contributed by atoms with Crippen molar-refractivity contribution in [2.24, 2.45) is 5.10 Å². The number of alkyl halides is 3. The van der Waals surface area contributed by atoms with E-state index in [4.69, 9.17) is 5.26 Å². The van der Waals surface area contributed by atoms with Crippen molar-refractivity contribution in [2.75, 3.05) is 5.01 Å². The average Bonchev–Trinajstić information content (AvgIpc) is 2.24. The predicted molar refractivity (Wildman–Crippen MR) is 50.2 cm³/mol. The van der Waals surface area contributed by atoms with Gasteiger partial charge in [0.05, 0.1) is 5.69 Å². The summed E-state index contributed by atoms with van der Waals surface area (Å²) in [7, 11) is 0. The van der Waals surface area contributed by atoms with E-state index in [1.807, 2.05) is 0 Å². The Balaban J connectivity index is 2.68. The number of halogens is 3. The Hall–Kier alpha value is -2.23. The lowest BCUT2D eigenvalue weighted by molar-refractivity contribution is -0.280. The van der Waals surface area contributed by atoms with Gasteiger partial charge in [0.1, 0.15) is 0 Å². The van der Waals surface area contributed by atoms with E-state index in [-0.39, 0.29) is 6.40 Å². The molecule has 7 heteroatoms. The first-order valence-electron chi connectivity index (χ1n) is 4.05. The molecule has 1 aromatic rings. The molecule has 0 atom stereocenters. The van der Waals surface area contributed by atoms with E-state index >= 15 is 0 Å². The molecule has 0 aliphatic heterocycles. The molecule has 0 spiro atoms. The molecule has 0 unspecified atom stereocenters. The summed E-state index contributed by atoms with van der Waals surface area (Å²) in [5, 5.41) is 12.5. The third kappa shape index (κ3) is 3.88. The zero-order valence-electron chi connectivity index (χ0n) is 7.85. The van der Waals surface area contributed by atoms with Gasteiger partial charge in [0.2, 0.25) is 12.6 Å². The number of hydrogen-bond acceptors (Lipinski definition) is 4. The molecule has 1 aromatic carbocycles. The molecular formula is C9H6F3N3O. The Bertz CT molecular complexity index is 397. The largest absolute Gasteiger partial charge is 0.573 e. The second-order valence-electron chi connectivity index (χ2n) is 2.53. The lowest BCUT2D eigenvalue weighted by Gasteiger charge is -2.08. The highest BCUT2D eigenvalue weighted by molar-refractivity contribution is 5.55. The van der Waals surface area contributed by atoms with Crippen LogP contribution in [0.3, 0.4) is 0 Å². The fourth-order valence-electron chi connectivity index (χ4n) is 0.850. The zero-order chi connectivity index (χ0) is 12.0. The van der Waals surface area contributed by atoms with Gasteiger partial charge in [0, 0.05) is 0 Å². The monoisotopic (exact) mass is 229 g/mol. The number of rotatable bonds is 3. The van der Waals surface area contributed by atoms with E-state index < -0.39 is 6.36 Å². The van der Waals surface area contributed by atoms with Crippen LogP contribution in [0.1, 0.15) is 0 Å². The molecular weight excluding hydrogens is 223 g/mol. The number of nitriles is 1. The summed E-state index contributed by atoms with van der Waals surface area (Å²) in [6.45, 7) is 0. The summed E-state index contributed by atoms with van der Waals surface area (Å²) in [5.74, 6) is 0. The smallest absolute Gasteiger partial charge is 0.393 e. The molecule has 0 aromatic heterocycles. The molecule has 0 saturated carbocycles. The molecule has 4 nitrogen and oxygen atoms in total. The normalized spacial score (nSPS) is 11.1. The van der Waals surface area contributed by atoms with Crippen molar-refractivity contribution in [3.63, 3.8) is 0 Å². The second-order valence-corrected chi connectivity index (χ2v) is 2.53. The maximum atomic E-state index is 11.6. The fourth-order valence-corrected chi connectivity index (χ4v) is 0.850. The number of benzene rings is 1. The van der Waals surface area contributed by atoms with E-state index in [0.29, 0.717) is 10.7 Å². The van der Waals surface area contributed by atoms with Gasteiger partial charge in [-0.25, -0.2) is 0 Å². The lowest BCUT2D eigenvalue weighted by atomic mass is 10.3. The zero-order valence-corrected chi connectivity index (χ0v) is 7.85. The fraction of sp³-hybridized carbons (Fsp3) is 0.111. The highest BCUT2D eigenvalue weighted by Gasteiger charge is 2.29. The van der Waals surface area contributed by atoms with Gasteiger partial charge in [-0.05, 0) is 12.1 Å². The van der Waals surface area contributed by atoms with E-state index in [9.17, 15) is 13.2 Å².